The van der Waals surface area contributed by atoms with Crippen LogP contribution in [-0.4, -0.2) is 53.8 Å². The smallest absolute Gasteiger partial charge is 0.306 e. The number of esters is 3. The molecule has 0 amide bonds. The fraction of sp³-hybridized carbons (Fsp3) is 0.903. The third-order valence-corrected chi connectivity index (χ3v) is 12.6. The van der Waals surface area contributed by atoms with Crippen LogP contribution in [0.25, 0.3) is 0 Å². The van der Waals surface area contributed by atoms with Gasteiger partial charge in [-0.15, -0.1) is 0 Å². The fourth-order valence-corrected chi connectivity index (χ4v) is 11.1. The van der Waals surface area contributed by atoms with Crippen LogP contribution in [0.1, 0.15) is 92.9 Å². The molecule has 1 saturated heterocycles. The van der Waals surface area contributed by atoms with Gasteiger partial charge in [0.15, 0.2) is 0 Å². The minimum Gasteiger partial charge on any atom is -0.463 e. The molecule has 4 aliphatic carbocycles. The number of hydrogen-bond donors (Lipinski definition) is 0. The van der Waals surface area contributed by atoms with Crippen molar-refractivity contribution in [2.24, 2.45) is 46.3 Å². The Kier molecular flexibility index (Phi) is 8.22. The Morgan fingerprint density at radius 3 is 2.28 bits per heavy atom. The number of hydrogen-bond acceptors (Lipinski definition) is 7. The van der Waals surface area contributed by atoms with Crippen molar-refractivity contribution in [2.75, 3.05) is 6.61 Å². The molecule has 1 unspecified atom stereocenters. The number of halogens is 1. The van der Waals surface area contributed by atoms with E-state index in [2.05, 4.69) is 29.8 Å². The standard InChI is InChI=1S/C31H47BrO7/c1-16(2)37-28(35)12-7-17(3)20-8-9-21-29-23(14-27(30(20,21)6)39-19(5)34)31-15-36-26(31)11-10-24(32)22(31)13-25(29)38-18(4)33/h16-17,20-27,29H,7-15H2,1-6H3/t17-,20-,21+,22-,23+,24+,25-,26?,27+,29+,30-,31+/m1/s1. The monoisotopic (exact) mass is 610 g/mol. The molecule has 39 heavy (non-hydrogen) atoms. The highest BCUT2D eigenvalue weighted by molar-refractivity contribution is 9.09. The molecule has 1 heterocycles. The van der Waals surface area contributed by atoms with E-state index in [1.807, 2.05) is 13.8 Å². The Morgan fingerprint density at radius 1 is 0.949 bits per heavy atom. The predicted octanol–water partition coefficient (Wildman–Crippen LogP) is 5.85. The molecule has 5 aliphatic rings. The zero-order chi connectivity index (χ0) is 28.3. The van der Waals surface area contributed by atoms with Gasteiger partial charge in [-0.05, 0) is 88.4 Å². The number of rotatable bonds is 7. The summed E-state index contributed by atoms with van der Waals surface area (Å²) >= 11 is 4.01. The number of ether oxygens (including phenoxy) is 4. The predicted molar refractivity (Wildman–Crippen MR) is 149 cm³/mol. The van der Waals surface area contributed by atoms with E-state index in [0.717, 1.165) is 51.6 Å². The van der Waals surface area contributed by atoms with Crippen LogP contribution in [0.3, 0.4) is 0 Å². The van der Waals surface area contributed by atoms with Gasteiger partial charge in [-0.25, -0.2) is 0 Å². The highest BCUT2D eigenvalue weighted by Crippen LogP contribution is 2.71. The van der Waals surface area contributed by atoms with Gasteiger partial charge in [0.25, 0.3) is 0 Å². The number of carbonyl (C=O) groups excluding carboxylic acids is 3. The molecule has 0 aromatic rings. The SMILES string of the molecule is CC(=O)O[C@H]1C[C@H]2[C@@H]([C@H](OC(C)=O)C[C@@H]3[C@@H](Br)CCC4OC[C@]432)[C@@H]2CC[C@H]([C@H](C)CCC(=O)OC(C)C)[C@@]12C. The normalized spacial score (nSPS) is 45.1. The molecular weight excluding hydrogens is 564 g/mol. The van der Waals surface area contributed by atoms with Crippen molar-refractivity contribution in [3.8, 4) is 0 Å². The Bertz CT molecular complexity index is 969. The number of carbonyl (C=O) groups is 3. The quantitative estimate of drug-likeness (QED) is 0.203. The third kappa shape index (κ3) is 4.87. The molecule has 1 spiro atoms. The topological polar surface area (TPSA) is 88.1 Å². The molecule has 0 aromatic carbocycles. The Morgan fingerprint density at radius 2 is 1.67 bits per heavy atom. The van der Waals surface area contributed by atoms with E-state index in [1.54, 1.807) is 0 Å². The first-order valence-corrected chi connectivity index (χ1v) is 16.1. The van der Waals surface area contributed by atoms with Crippen molar-refractivity contribution in [1.82, 2.24) is 0 Å². The van der Waals surface area contributed by atoms with Gasteiger partial charge in [0, 0.05) is 41.8 Å². The molecule has 0 N–H and O–H groups in total. The van der Waals surface area contributed by atoms with Crippen molar-refractivity contribution in [3.05, 3.63) is 0 Å². The number of fused-ring (bicyclic) bond motifs is 3. The van der Waals surface area contributed by atoms with E-state index in [1.165, 1.54) is 13.8 Å². The summed E-state index contributed by atoms with van der Waals surface area (Å²) in [7, 11) is 0. The lowest BCUT2D eigenvalue weighted by atomic mass is 9.41. The molecule has 1 aliphatic heterocycles. The van der Waals surface area contributed by atoms with Crippen molar-refractivity contribution in [1.29, 1.82) is 0 Å². The van der Waals surface area contributed by atoms with Crippen LogP contribution in [0.5, 0.6) is 0 Å². The minimum absolute atomic E-state index is 0.0395. The zero-order valence-electron chi connectivity index (χ0n) is 24.5. The van der Waals surface area contributed by atoms with Gasteiger partial charge in [0.05, 0.1) is 18.8 Å². The molecule has 5 rings (SSSR count). The lowest BCUT2D eigenvalue weighted by molar-refractivity contribution is -0.314. The Labute approximate surface area is 241 Å². The average Bonchev–Trinajstić information content (AvgIpc) is 3.18. The first-order chi connectivity index (χ1) is 18.4. The fourth-order valence-electron chi connectivity index (χ4n) is 10.2. The second-order valence-corrected chi connectivity index (χ2v) is 14.9. The molecule has 0 bridgehead atoms. The van der Waals surface area contributed by atoms with Gasteiger partial charge in [-0.2, -0.15) is 0 Å². The van der Waals surface area contributed by atoms with E-state index >= 15 is 0 Å². The maximum absolute atomic E-state index is 12.5. The van der Waals surface area contributed by atoms with Crippen LogP contribution < -0.4 is 0 Å². The lowest BCUT2D eigenvalue weighted by Gasteiger charge is -2.70. The Balaban J connectivity index is 1.49. The average molecular weight is 612 g/mol. The van der Waals surface area contributed by atoms with Crippen LogP contribution in [0.4, 0.5) is 0 Å². The Hall–Kier alpha value is -1.15. The van der Waals surface area contributed by atoms with E-state index in [9.17, 15) is 14.4 Å². The van der Waals surface area contributed by atoms with Crippen LogP contribution >= 0.6 is 15.9 Å². The first-order valence-electron chi connectivity index (χ1n) is 15.2. The summed E-state index contributed by atoms with van der Waals surface area (Å²) in [6.07, 6.45) is 6.70. The van der Waals surface area contributed by atoms with Gasteiger partial charge < -0.3 is 18.9 Å². The highest BCUT2D eigenvalue weighted by atomic mass is 79.9. The van der Waals surface area contributed by atoms with Gasteiger partial charge in [0.2, 0.25) is 0 Å². The largest absolute Gasteiger partial charge is 0.463 e. The second kappa shape index (κ2) is 10.9. The summed E-state index contributed by atoms with van der Waals surface area (Å²) in [6.45, 7) is 12.1. The van der Waals surface area contributed by atoms with Crippen LogP contribution in [0.2, 0.25) is 0 Å². The second-order valence-electron chi connectivity index (χ2n) is 13.7. The van der Waals surface area contributed by atoms with Gasteiger partial charge in [-0.3, -0.25) is 14.4 Å². The molecule has 220 valence electrons. The van der Waals surface area contributed by atoms with E-state index < -0.39 is 0 Å². The summed E-state index contributed by atoms with van der Waals surface area (Å²) in [6, 6.07) is 0. The summed E-state index contributed by atoms with van der Waals surface area (Å²) in [5.41, 5.74) is -0.212. The molecule has 5 fully saturated rings. The molecule has 0 radical (unpaired) electrons. The zero-order valence-corrected chi connectivity index (χ0v) is 26.0. The molecular formula is C31H47BrO7. The number of alkyl halides is 1. The van der Waals surface area contributed by atoms with Crippen LogP contribution in [0.15, 0.2) is 0 Å². The molecule has 8 heteroatoms. The lowest BCUT2D eigenvalue weighted by Crippen LogP contribution is -2.73. The molecule has 7 nitrogen and oxygen atoms in total. The third-order valence-electron chi connectivity index (χ3n) is 11.5. The van der Waals surface area contributed by atoms with Crippen molar-refractivity contribution in [3.63, 3.8) is 0 Å². The van der Waals surface area contributed by atoms with Gasteiger partial charge in [0.1, 0.15) is 12.2 Å². The highest BCUT2D eigenvalue weighted by Gasteiger charge is 2.73. The molecule has 12 atom stereocenters. The maximum Gasteiger partial charge on any atom is 0.306 e. The van der Waals surface area contributed by atoms with Crippen molar-refractivity contribution >= 4 is 33.8 Å². The summed E-state index contributed by atoms with van der Waals surface area (Å²) in [5.74, 6) is 1.12. The van der Waals surface area contributed by atoms with Crippen molar-refractivity contribution in [2.45, 2.75) is 122 Å². The summed E-state index contributed by atoms with van der Waals surface area (Å²) in [4.78, 5) is 37.6. The molecule has 0 aromatic heterocycles. The summed E-state index contributed by atoms with van der Waals surface area (Å²) < 4.78 is 24.1. The van der Waals surface area contributed by atoms with E-state index in [4.69, 9.17) is 18.9 Å². The molecule has 4 saturated carbocycles. The van der Waals surface area contributed by atoms with Crippen molar-refractivity contribution < 1.29 is 33.3 Å². The van der Waals surface area contributed by atoms with Gasteiger partial charge >= 0.3 is 17.9 Å². The van der Waals surface area contributed by atoms with Crippen LogP contribution in [0, 0.1) is 46.3 Å². The van der Waals surface area contributed by atoms with Gasteiger partial charge in [-0.1, -0.05) is 29.8 Å². The van der Waals surface area contributed by atoms with Crippen LogP contribution in [-0.2, 0) is 33.3 Å². The summed E-state index contributed by atoms with van der Waals surface area (Å²) in [5, 5.41) is 0. The van der Waals surface area contributed by atoms with E-state index in [-0.39, 0.29) is 76.8 Å². The minimum atomic E-state index is -0.251. The maximum atomic E-state index is 12.5. The first kappa shape index (κ1) is 29.3. The van der Waals surface area contributed by atoms with E-state index in [0.29, 0.717) is 23.1 Å².